The molecule has 2 fully saturated rings. The van der Waals surface area contributed by atoms with E-state index in [0.29, 0.717) is 24.4 Å². The zero-order valence-electron chi connectivity index (χ0n) is 19.9. The molecule has 9 heteroatoms. The SMILES string of the molecule is COc1ccc(OC(F)(F)F)cc1CNC1CCCN(CC(=O)N2CCCC2)C1c1ccccc1. The molecule has 190 valence electrons. The van der Waals surface area contributed by atoms with Crippen LogP contribution in [0.25, 0.3) is 0 Å². The number of benzene rings is 2. The predicted octanol–water partition coefficient (Wildman–Crippen LogP) is 4.51. The van der Waals surface area contributed by atoms with E-state index in [1.54, 1.807) is 0 Å². The van der Waals surface area contributed by atoms with E-state index in [2.05, 4.69) is 27.1 Å². The smallest absolute Gasteiger partial charge is 0.496 e. The lowest BCUT2D eigenvalue weighted by atomic mass is 9.90. The highest BCUT2D eigenvalue weighted by molar-refractivity contribution is 5.78. The summed E-state index contributed by atoms with van der Waals surface area (Å²) in [6.07, 6.45) is -0.852. The first-order valence-corrected chi connectivity index (χ1v) is 12.1. The Hall–Kier alpha value is -2.78. The Morgan fingerprint density at radius 3 is 2.49 bits per heavy atom. The number of halogens is 3. The molecule has 2 aliphatic rings. The van der Waals surface area contributed by atoms with Crippen molar-refractivity contribution in [1.29, 1.82) is 0 Å². The van der Waals surface area contributed by atoms with Crippen molar-refractivity contribution in [3.8, 4) is 11.5 Å². The fraction of sp³-hybridized carbons (Fsp3) is 0.500. The quantitative estimate of drug-likeness (QED) is 0.589. The monoisotopic (exact) mass is 491 g/mol. The molecular weight excluding hydrogens is 459 g/mol. The van der Waals surface area contributed by atoms with Crippen LogP contribution in [0.3, 0.4) is 0 Å². The number of likely N-dealkylation sites (tertiary alicyclic amines) is 2. The molecule has 2 saturated heterocycles. The minimum absolute atomic E-state index is 0.00873. The number of hydrogen-bond acceptors (Lipinski definition) is 5. The number of methoxy groups -OCH3 is 1. The van der Waals surface area contributed by atoms with Crippen molar-refractivity contribution in [2.75, 3.05) is 33.3 Å². The second-order valence-corrected chi connectivity index (χ2v) is 9.06. The first-order chi connectivity index (χ1) is 16.8. The summed E-state index contributed by atoms with van der Waals surface area (Å²) in [6.45, 7) is 3.12. The van der Waals surface area contributed by atoms with E-state index in [0.717, 1.165) is 50.9 Å². The molecule has 1 N–H and O–H groups in total. The van der Waals surface area contributed by atoms with Gasteiger partial charge in [-0.05, 0) is 56.0 Å². The molecule has 2 aromatic rings. The second kappa shape index (κ2) is 11.3. The third-order valence-corrected chi connectivity index (χ3v) is 6.71. The van der Waals surface area contributed by atoms with Crippen LogP contribution >= 0.6 is 0 Å². The van der Waals surface area contributed by atoms with Gasteiger partial charge in [0.05, 0.1) is 19.7 Å². The lowest BCUT2D eigenvalue weighted by Gasteiger charge is -2.42. The van der Waals surface area contributed by atoms with Crippen molar-refractivity contribution in [2.24, 2.45) is 0 Å². The van der Waals surface area contributed by atoms with Gasteiger partial charge in [0.25, 0.3) is 0 Å². The Labute approximate surface area is 204 Å². The molecule has 2 aromatic carbocycles. The summed E-state index contributed by atoms with van der Waals surface area (Å²) >= 11 is 0. The predicted molar refractivity (Wildman–Crippen MR) is 126 cm³/mol. The first-order valence-electron chi connectivity index (χ1n) is 12.1. The Kier molecular flexibility index (Phi) is 8.18. The summed E-state index contributed by atoms with van der Waals surface area (Å²) in [5.74, 6) is 0.360. The van der Waals surface area contributed by atoms with Gasteiger partial charge in [-0.3, -0.25) is 9.69 Å². The molecule has 6 nitrogen and oxygen atoms in total. The summed E-state index contributed by atoms with van der Waals surface area (Å²) in [5, 5.41) is 3.54. The van der Waals surface area contributed by atoms with Gasteiger partial charge in [-0.15, -0.1) is 13.2 Å². The van der Waals surface area contributed by atoms with E-state index in [-0.39, 0.29) is 23.7 Å². The number of piperidine rings is 1. The molecule has 0 radical (unpaired) electrons. The average molecular weight is 492 g/mol. The zero-order chi connectivity index (χ0) is 24.8. The molecule has 2 heterocycles. The van der Waals surface area contributed by atoms with Crippen molar-refractivity contribution >= 4 is 5.91 Å². The number of carbonyl (C=O) groups excluding carboxylic acids is 1. The lowest BCUT2D eigenvalue weighted by molar-refractivity contribution is -0.274. The highest BCUT2D eigenvalue weighted by Crippen LogP contribution is 2.33. The standard InChI is InChI=1S/C26H32F3N3O3/c1-34-23-12-11-21(35-26(27,28)29)16-20(23)17-30-22-10-7-15-32(18-24(33)31-13-5-6-14-31)25(22)19-8-3-2-4-9-19/h2-4,8-9,11-12,16,22,25,30H,5-7,10,13-15,17-18H2,1H3. The van der Waals surface area contributed by atoms with Crippen molar-refractivity contribution in [1.82, 2.24) is 15.1 Å². The van der Waals surface area contributed by atoms with Gasteiger partial charge in [0.2, 0.25) is 5.91 Å². The summed E-state index contributed by atoms with van der Waals surface area (Å²) < 4.78 is 47.6. The van der Waals surface area contributed by atoms with Crippen molar-refractivity contribution in [3.05, 3.63) is 59.7 Å². The van der Waals surface area contributed by atoms with Crippen molar-refractivity contribution in [2.45, 2.75) is 50.7 Å². The molecule has 35 heavy (non-hydrogen) atoms. The van der Waals surface area contributed by atoms with Crippen LogP contribution < -0.4 is 14.8 Å². The molecule has 2 unspecified atom stereocenters. The third-order valence-electron chi connectivity index (χ3n) is 6.71. The van der Waals surface area contributed by atoms with E-state index in [1.165, 1.54) is 25.3 Å². The highest BCUT2D eigenvalue weighted by atomic mass is 19.4. The number of nitrogens with zero attached hydrogens (tertiary/aromatic N) is 2. The summed E-state index contributed by atoms with van der Waals surface area (Å²) in [7, 11) is 1.49. The molecule has 0 saturated carbocycles. The van der Waals surface area contributed by atoms with Crippen molar-refractivity contribution in [3.63, 3.8) is 0 Å². The molecule has 0 aliphatic carbocycles. The van der Waals surface area contributed by atoms with Crippen molar-refractivity contribution < 1.29 is 27.4 Å². The van der Waals surface area contributed by atoms with Crippen LogP contribution in [0.4, 0.5) is 13.2 Å². The van der Waals surface area contributed by atoms with Crippen LogP contribution in [-0.2, 0) is 11.3 Å². The number of carbonyl (C=O) groups is 1. The fourth-order valence-corrected chi connectivity index (χ4v) is 5.12. The number of hydrogen-bond donors (Lipinski definition) is 1. The minimum Gasteiger partial charge on any atom is -0.496 e. The normalized spacial score (nSPS) is 21.2. The molecule has 4 rings (SSSR count). The fourth-order valence-electron chi connectivity index (χ4n) is 5.12. The van der Waals surface area contributed by atoms with Crippen LogP contribution in [0.5, 0.6) is 11.5 Å². The van der Waals surface area contributed by atoms with E-state index in [1.807, 2.05) is 23.1 Å². The van der Waals surface area contributed by atoms with Crippen LogP contribution in [0.2, 0.25) is 0 Å². The topological polar surface area (TPSA) is 54.0 Å². The molecule has 2 atom stereocenters. The number of nitrogens with one attached hydrogen (secondary N) is 1. The van der Waals surface area contributed by atoms with E-state index in [4.69, 9.17) is 4.74 Å². The highest BCUT2D eigenvalue weighted by Gasteiger charge is 2.35. The zero-order valence-corrected chi connectivity index (χ0v) is 19.9. The number of alkyl halides is 3. The first kappa shape index (κ1) is 25.3. The molecule has 0 bridgehead atoms. The Morgan fingerprint density at radius 2 is 1.80 bits per heavy atom. The molecule has 1 amide bonds. The van der Waals surface area contributed by atoms with Crippen LogP contribution in [0.1, 0.15) is 42.9 Å². The number of ether oxygens (including phenoxy) is 2. The van der Waals surface area contributed by atoms with E-state index < -0.39 is 6.36 Å². The summed E-state index contributed by atoms with van der Waals surface area (Å²) in [5.41, 5.74) is 1.69. The largest absolute Gasteiger partial charge is 0.573 e. The van der Waals surface area contributed by atoms with E-state index >= 15 is 0 Å². The maximum absolute atomic E-state index is 13.0. The van der Waals surface area contributed by atoms with Crippen LogP contribution in [0, 0.1) is 0 Å². The number of rotatable bonds is 8. The Bertz CT molecular complexity index is 981. The second-order valence-electron chi connectivity index (χ2n) is 9.06. The molecule has 0 aromatic heterocycles. The summed E-state index contributed by atoms with van der Waals surface area (Å²) in [6, 6.07) is 14.1. The Morgan fingerprint density at radius 1 is 1.06 bits per heavy atom. The molecular formula is C26H32F3N3O3. The van der Waals surface area contributed by atoms with E-state index in [9.17, 15) is 18.0 Å². The van der Waals surface area contributed by atoms with Gasteiger partial charge in [-0.2, -0.15) is 0 Å². The van der Waals surface area contributed by atoms with Gasteiger partial charge in [-0.25, -0.2) is 0 Å². The molecule has 0 spiro atoms. The molecule has 2 aliphatic heterocycles. The van der Waals surface area contributed by atoms with Crippen LogP contribution in [0.15, 0.2) is 48.5 Å². The maximum atomic E-state index is 13.0. The minimum atomic E-state index is -4.76. The van der Waals surface area contributed by atoms with Crippen LogP contribution in [-0.4, -0.2) is 61.4 Å². The van der Waals surface area contributed by atoms with Gasteiger partial charge < -0.3 is 19.7 Å². The lowest BCUT2D eigenvalue weighted by Crippen LogP contribution is -2.51. The number of amides is 1. The van der Waals surface area contributed by atoms with Gasteiger partial charge in [0.1, 0.15) is 11.5 Å². The van der Waals surface area contributed by atoms with Gasteiger partial charge >= 0.3 is 6.36 Å². The maximum Gasteiger partial charge on any atom is 0.573 e. The average Bonchev–Trinajstić information content (AvgIpc) is 3.38. The van der Waals surface area contributed by atoms with Gasteiger partial charge in [0.15, 0.2) is 0 Å². The Balaban J connectivity index is 1.52. The van der Waals surface area contributed by atoms with Gasteiger partial charge in [0, 0.05) is 31.2 Å². The summed E-state index contributed by atoms with van der Waals surface area (Å²) in [4.78, 5) is 17.1. The van der Waals surface area contributed by atoms with Gasteiger partial charge in [-0.1, -0.05) is 30.3 Å². The third kappa shape index (κ3) is 6.67.